The van der Waals surface area contributed by atoms with Gasteiger partial charge in [-0.2, -0.15) is 5.10 Å². The van der Waals surface area contributed by atoms with E-state index in [-0.39, 0.29) is 0 Å². The zero-order valence-corrected chi connectivity index (χ0v) is 15.9. The molecular formula is C19H22ClN5O. The summed E-state index contributed by atoms with van der Waals surface area (Å²) in [4.78, 5) is 8.87. The molecule has 0 spiro atoms. The van der Waals surface area contributed by atoms with E-state index in [0.29, 0.717) is 25.7 Å². The molecule has 6 nitrogen and oxygen atoms in total. The van der Waals surface area contributed by atoms with Gasteiger partial charge in [0.1, 0.15) is 0 Å². The molecule has 7 heteroatoms. The van der Waals surface area contributed by atoms with Crippen molar-refractivity contribution in [3.05, 3.63) is 58.5 Å². The Kier molecular flexibility index (Phi) is 5.85. The minimum absolute atomic E-state index is 0.549. The first-order valence-electron chi connectivity index (χ1n) is 8.44. The molecule has 2 aromatic heterocycles. The summed E-state index contributed by atoms with van der Waals surface area (Å²) in [5.41, 5.74) is 5.05. The average Bonchev–Trinajstić information content (AvgIpc) is 2.88. The second kappa shape index (κ2) is 8.29. The Hall–Kier alpha value is -2.44. The molecule has 0 atom stereocenters. The summed E-state index contributed by atoms with van der Waals surface area (Å²) in [5, 5.41) is 8.37. The van der Waals surface area contributed by atoms with Gasteiger partial charge in [-0.15, -0.1) is 0 Å². The standard InChI is InChI=1S/C19H22ClN5O/c1-13-18(14(2)25(3)24-13)17-8-9-21-19(23-17)22-10-11-26-12-15-4-6-16(20)7-5-15/h4-9H,10-12H2,1-3H3,(H,21,22,23). The van der Waals surface area contributed by atoms with E-state index in [2.05, 4.69) is 20.4 Å². The first kappa shape index (κ1) is 18.4. The fourth-order valence-corrected chi connectivity index (χ4v) is 2.86. The number of benzene rings is 1. The number of ether oxygens (including phenoxy) is 1. The maximum Gasteiger partial charge on any atom is 0.223 e. The van der Waals surface area contributed by atoms with Gasteiger partial charge in [0.25, 0.3) is 0 Å². The van der Waals surface area contributed by atoms with Crippen molar-refractivity contribution >= 4 is 17.5 Å². The lowest BCUT2D eigenvalue weighted by molar-refractivity contribution is 0.130. The van der Waals surface area contributed by atoms with Gasteiger partial charge in [-0.05, 0) is 37.6 Å². The van der Waals surface area contributed by atoms with E-state index in [4.69, 9.17) is 16.3 Å². The molecular weight excluding hydrogens is 350 g/mol. The number of halogens is 1. The average molecular weight is 372 g/mol. The molecule has 0 aliphatic carbocycles. The van der Waals surface area contributed by atoms with Crippen LogP contribution >= 0.6 is 11.6 Å². The third-order valence-electron chi connectivity index (χ3n) is 4.13. The SMILES string of the molecule is Cc1nn(C)c(C)c1-c1ccnc(NCCOCc2ccc(Cl)cc2)n1. The van der Waals surface area contributed by atoms with Crippen LogP contribution in [0.1, 0.15) is 17.0 Å². The van der Waals surface area contributed by atoms with Crippen LogP contribution in [0.15, 0.2) is 36.5 Å². The number of aromatic nitrogens is 4. The summed E-state index contributed by atoms with van der Waals surface area (Å²) in [5.74, 6) is 0.584. The van der Waals surface area contributed by atoms with Crippen LogP contribution in [0.3, 0.4) is 0 Å². The fraction of sp³-hybridized carbons (Fsp3) is 0.316. The van der Waals surface area contributed by atoms with Gasteiger partial charge in [-0.3, -0.25) is 4.68 Å². The van der Waals surface area contributed by atoms with Crippen LogP contribution in [0.5, 0.6) is 0 Å². The first-order valence-corrected chi connectivity index (χ1v) is 8.82. The molecule has 0 aliphatic rings. The lowest BCUT2D eigenvalue weighted by Crippen LogP contribution is -2.11. The third kappa shape index (κ3) is 4.39. The van der Waals surface area contributed by atoms with Crippen molar-refractivity contribution in [1.29, 1.82) is 0 Å². The second-order valence-corrected chi connectivity index (χ2v) is 6.48. The van der Waals surface area contributed by atoms with E-state index in [1.807, 2.05) is 55.9 Å². The van der Waals surface area contributed by atoms with Crippen molar-refractivity contribution < 1.29 is 4.74 Å². The van der Waals surface area contributed by atoms with Crippen LogP contribution < -0.4 is 5.32 Å². The van der Waals surface area contributed by atoms with Gasteiger partial charge in [0, 0.05) is 36.1 Å². The monoisotopic (exact) mass is 371 g/mol. The van der Waals surface area contributed by atoms with Gasteiger partial charge >= 0.3 is 0 Å². The van der Waals surface area contributed by atoms with Crippen molar-refractivity contribution in [2.45, 2.75) is 20.5 Å². The van der Waals surface area contributed by atoms with Gasteiger partial charge in [-0.25, -0.2) is 9.97 Å². The van der Waals surface area contributed by atoms with E-state index in [1.165, 1.54) is 0 Å². The molecule has 1 N–H and O–H groups in total. The molecule has 26 heavy (non-hydrogen) atoms. The van der Waals surface area contributed by atoms with Crippen LogP contribution in [0, 0.1) is 13.8 Å². The largest absolute Gasteiger partial charge is 0.375 e. The molecule has 0 unspecified atom stereocenters. The predicted molar refractivity (Wildman–Crippen MR) is 103 cm³/mol. The normalized spacial score (nSPS) is 10.9. The van der Waals surface area contributed by atoms with Crippen LogP contribution in [0.25, 0.3) is 11.3 Å². The Morgan fingerprint density at radius 2 is 1.92 bits per heavy atom. The van der Waals surface area contributed by atoms with E-state index in [1.54, 1.807) is 6.20 Å². The van der Waals surface area contributed by atoms with Crippen molar-refractivity contribution in [3.63, 3.8) is 0 Å². The van der Waals surface area contributed by atoms with Gasteiger partial charge in [0.2, 0.25) is 5.95 Å². The fourth-order valence-electron chi connectivity index (χ4n) is 2.73. The highest BCUT2D eigenvalue weighted by Gasteiger charge is 2.13. The molecule has 0 bridgehead atoms. The van der Waals surface area contributed by atoms with E-state index >= 15 is 0 Å². The smallest absolute Gasteiger partial charge is 0.223 e. The quantitative estimate of drug-likeness (QED) is 0.640. The summed E-state index contributed by atoms with van der Waals surface area (Å²) in [6.45, 7) is 5.76. The van der Waals surface area contributed by atoms with Crippen molar-refractivity contribution in [2.75, 3.05) is 18.5 Å². The molecule has 0 saturated heterocycles. The molecule has 0 saturated carbocycles. The maximum atomic E-state index is 5.87. The zero-order chi connectivity index (χ0) is 18.5. The molecule has 2 heterocycles. The van der Waals surface area contributed by atoms with Crippen LogP contribution in [0.4, 0.5) is 5.95 Å². The Bertz CT molecular complexity index is 876. The minimum atomic E-state index is 0.549. The number of anilines is 1. The third-order valence-corrected chi connectivity index (χ3v) is 4.38. The van der Waals surface area contributed by atoms with E-state index in [0.717, 1.165) is 33.2 Å². The molecule has 3 rings (SSSR count). The Labute approximate surface area is 158 Å². The highest BCUT2D eigenvalue weighted by molar-refractivity contribution is 6.30. The Morgan fingerprint density at radius 3 is 2.62 bits per heavy atom. The molecule has 0 aliphatic heterocycles. The number of nitrogens with one attached hydrogen (secondary N) is 1. The van der Waals surface area contributed by atoms with E-state index in [9.17, 15) is 0 Å². The van der Waals surface area contributed by atoms with Crippen molar-refractivity contribution in [1.82, 2.24) is 19.7 Å². The van der Waals surface area contributed by atoms with Crippen LogP contribution in [-0.2, 0) is 18.4 Å². The number of hydrogen-bond donors (Lipinski definition) is 1. The predicted octanol–water partition coefficient (Wildman–Crippen LogP) is 3.78. The number of nitrogens with zero attached hydrogens (tertiary/aromatic N) is 4. The number of hydrogen-bond acceptors (Lipinski definition) is 5. The highest BCUT2D eigenvalue weighted by Crippen LogP contribution is 2.24. The zero-order valence-electron chi connectivity index (χ0n) is 15.2. The second-order valence-electron chi connectivity index (χ2n) is 6.04. The Balaban J connectivity index is 1.53. The lowest BCUT2D eigenvalue weighted by atomic mass is 10.1. The molecule has 0 fully saturated rings. The molecule has 3 aromatic rings. The summed E-state index contributed by atoms with van der Waals surface area (Å²) in [6.07, 6.45) is 1.76. The molecule has 136 valence electrons. The van der Waals surface area contributed by atoms with Crippen LogP contribution in [0.2, 0.25) is 5.02 Å². The molecule has 0 radical (unpaired) electrons. The first-order chi connectivity index (χ1) is 12.5. The molecule has 1 aromatic carbocycles. The summed E-state index contributed by atoms with van der Waals surface area (Å²) >= 11 is 5.87. The van der Waals surface area contributed by atoms with Gasteiger partial charge in [0.05, 0.1) is 24.6 Å². The van der Waals surface area contributed by atoms with E-state index < -0.39 is 0 Å². The van der Waals surface area contributed by atoms with Gasteiger partial charge in [-0.1, -0.05) is 23.7 Å². The number of rotatable bonds is 7. The highest BCUT2D eigenvalue weighted by atomic mass is 35.5. The van der Waals surface area contributed by atoms with Crippen LogP contribution in [-0.4, -0.2) is 32.9 Å². The summed E-state index contributed by atoms with van der Waals surface area (Å²) in [7, 11) is 1.93. The lowest BCUT2D eigenvalue weighted by Gasteiger charge is -2.08. The summed E-state index contributed by atoms with van der Waals surface area (Å²) < 4.78 is 7.53. The van der Waals surface area contributed by atoms with Gasteiger partial charge in [0.15, 0.2) is 0 Å². The number of aryl methyl sites for hydroxylation is 2. The molecule has 0 amide bonds. The Morgan fingerprint density at radius 1 is 1.15 bits per heavy atom. The van der Waals surface area contributed by atoms with Gasteiger partial charge < -0.3 is 10.1 Å². The van der Waals surface area contributed by atoms with Crippen molar-refractivity contribution in [2.24, 2.45) is 7.05 Å². The maximum absolute atomic E-state index is 5.87. The van der Waals surface area contributed by atoms with Crippen molar-refractivity contribution in [3.8, 4) is 11.3 Å². The minimum Gasteiger partial charge on any atom is -0.375 e. The summed E-state index contributed by atoms with van der Waals surface area (Å²) in [6, 6.07) is 9.54. The topological polar surface area (TPSA) is 64.9 Å².